The Morgan fingerprint density at radius 1 is 1.00 bits per heavy atom. The van der Waals surface area contributed by atoms with Crippen LogP contribution in [0.5, 0.6) is 0 Å². The first kappa shape index (κ1) is 14.5. The summed E-state index contributed by atoms with van der Waals surface area (Å²) < 4.78 is 0. The van der Waals surface area contributed by atoms with Gasteiger partial charge in [0.15, 0.2) is 0 Å². The summed E-state index contributed by atoms with van der Waals surface area (Å²) in [7, 11) is 0. The van der Waals surface area contributed by atoms with E-state index in [2.05, 4.69) is 39.8 Å². The molecule has 0 aliphatic rings. The van der Waals surface area contributed by atoms with Crippen LogP contribution in [0.15, 0.2) is 12.1 Å². The first-order valence-electron chi connectivity index (χ1n) is 3.51. The fraction of sp³-hybridized carbons (Fsp3) is 0.300. The molecule has 0 N–H and O–H groups in total. The smallest absolute Gasteiger partial charge is 1.00 e. The van der Waals surface area contributed by atoms with Crippen molar-refractivity contribution in [2.45, 2.75) is 20.8 Å². The van der Waals surface area contributed by atoms with Gasteiger partial charge in [0, 0.05) is 0 Å². The first-order valence-corrected chi connectivity index (χ1v) is 3.51. The average molecular weight is 234 g/mol. The molecule has 0 unspecified atom stereocenters. The van der Waals surface area contributed by atoms with Crippen molar-refractivity contribution in [3.8, 4) is 0 Å². The molecule has 1 aromatic carbocycles. The molecule has 0 radical (unpaired) electrons. The van der Waals surface area contributed by atoms with Gasteiger partial charge in [-0.05, 0) is 6.92 Å². The third-order valence-corrected chi connectivity index (χ3v) is 1.84. The minimum Gasteiger partial charge on any atom is -1.00 e. The van der Waals surface area contributed by atoms with Crippen LogP contribution in [-0.4, -0.2) is 0 Å². The number of aryl methyl sites for hydroxylation is 3. The van der Waals surface area contributed by atoms with Crippen molar-refractivity contribution in [1.29, 1.82) is 0 Å². The van der Waals surface area contributed by atoms with Gasteiger partial charge in [-0.15, -0.1) is 12.1 Å². The monoisotopic (exact) mass is 232 g/mol. The number of hydrogen-bond donors (Lipinski definition) is 0. The molecule has 0 heterocycles. The van der Waals surface area contributed by atoms with Crippen molar-refractivity contribution in [3.63, 3.8) is 0 Å². The van der Waals surface area contributed by atoms with E-state index in [0.29, 0.717) is 0 Å². The van der Waals surface area contributed by atoms with Gasteiger partial charge in [-0.3, -0.25) is 0 Å². The van der Waals surface area contributed by atoms with E-state index in [1.165, 1.54) is 22.3 Å². The third kappa shape index (κ3) is 3.17. The molecule has 0 nitrogen and oxygen atoms in total. The van der Waals surface area contributed by atoms with Gasteiger partial charge in [0.2, 0.25) is 0 Å². The molecule has 0 aliphatic carbocycles. The van der Waals surface area contributed by atoms with Crippen LogP contribution in [0, 0.1) is 27.7 Å². The van der Waals surface area contributed by atoms with Crippen LogP contribution in [0.1, 0.15) is 22.3 Å². The summed E-state index contributed by atoms with van der Waals surface area (Å²) in [6, 6.07) is 4.32. The molecule has 0 fully saturated rings. The molecular formula is C10H13ClZn. The topological polar surface area (TPSA) is 0 Å². The zero-order valence-electron chi connectivity index (χ0n) is 7.95. The predicted molar refractivity (Wildman–Crippen MR) is 45.1 cm³/mol. The fourth-order valence-electron chi connectivity index (χ4n) is 1.21. The van der Waals surface area contributed by atoms with Gasteiger partial charge in [-0.25, -0.2) is 0 Å². The number of rotatable bonds is 0. The SMILES string of the molecule is [CH2-]c1c(C)cc(C)cc1C.[Cl-].[Zn+2]. The van der Waals surface area contributed by atoms with Crippen molar-refractivity contribution >= 4 is 0 Å². The van der Waals surface area contributed by atoms with Gasteiger partial charge < -0.3 is 12.4 Å². The van der Waals surface area contributed by atoms with Crippen LogP contribution >= 0.6 is 0 Å². The molecular weight excluding hydrogens is 221 g/mol. The zero-order chi connectivity index (χ0) is 7.72. The number of hydrogen-bond acceptors (Lipinski definition) is 0. The Hall–Kier alpha value is 0.00338. The van der Waals surface area contributed by atoms with Crippen LogP contribution in [0.4, 0.5) is 0 Å². The second kappa shape index (κ2) is 5.62. The van der Waals surface area contributed by atoms with Crippen LogP contribution < -0.4 is 12.4 Å². The Bertz CT molecular complexity index is 233. The summed E-state index contributed by atoms with van der Waals surface area (Å²) in [4.78, 5) is 0. The van der Waals surface area contributed by atoms with Gasteiger partial charge in [0.25, 0.3) is 0 Å². The summed E-state index contributed by atoms with van der Waals surface area (Å²) in [5, 5.41) is 0. The van der Waals surface area contributed by atoms with Crippen molar-refractivity contribution < 1.29 is 31.9 Å². The molecule has 1 aromatic rings. The Kier molecular flexibility index (Phi) is 6.80. The Balaban J connectivity index is 0. The zero-order valence-corrected chi connectivity index (χ0v) is 11.7. The summed E-state index contributed by atoms with van der Waals surface area (Å²) >= 11 is 0. The Morgan fingerprint density at radius 2 is 1.33 bits per heavy atom. The molecule has 62 valence electrons. The second-order valence-electron chi connectivity index (χ2n) is 2.88. The standard InChI is InChI=1S/C10H13.ClH.Zn/c1-7-5-8(2)10(4)9(3)6-7;;/h5-6H,4H2,1-3H3;1H;/q-1;;+2/p-1. The maximum Gasteiger partial charge on any atom is 2.00 e. The van der Waals surface area contributed by atoms with Crippen molar-refractivity contribution in [1.82, 2.24) is 0 Å². The second-order valence-corrected chi connectivity index (χ2v) is 2.88. The third-order valence-electron chi connectivity index (χ3n) is 1.84. The van der Waals surface area contributed by atoms with Gasteiger partial charge in [0.05, 0.1) is 0 Å². The van der Waals surface area contributed by atoms with E-state index >= 15 is 0 Å². The van der Waals surface area contributed by atoms with E-state index in [1.54, 1.807) is 0 Å². The molecule has 0 aromatic heterocycles. The average Bonchev–Trinajstić information content (AvgIpc) is 1.82. The van der Waals surface area contributed by atoms with Crippen molar-refractivity contribution in [2.75, 3.05) is 0 Å². The summed E-state index contributed by atoms with van der Waals surface area (Å²) in [5.41, 5.74) is 5.07. The minimum atomic E-state index is 0. The van der Waals surface area contributed by atoms with Crippen LogP contribution in [0.3, 0.4) is 0 Å². The molecule has 0 spiro atoms. The van der Waals surface area contributed by atoms with E-state index in [9.17, 15) is 0 Å². The van der Waals surface area contributed by atoms with Gasteiger partial charge in [0.1, 0.15) is 0 Å². The quantitative estimate of drug-likeness (QED) is 0.430. The molecule has 0 aliphatic heterocycles. The first-order chi connectivity index (χ1) is 4.61. The van der Waals surface area contributed by atoms with E-state index < -0.39 is 0 Å². The minimum absolute atomic E-state index is 0. The summed E-state index contributed by atoms with van der Waals surface area (Å²) in [6.07, 6.45) is 0. The van der Waals surface area contributed by atoms with Gasteiger partial charge in [-0.1, -0.05) is 19.4 Å². The summed E-state index contributed by atoms with van der Waals surface area (Å²) in [5.74, 6) is 0. The van der Waals surface area contributed by atoms with Crippen LogP contribution in [-0.2, 0) is 19.5 Å². The summed E-state index contributed by atoms with van der Waals surface area (Å²) in [6.45, 7) is 10.3. The normalized spacial score (nSPS) is 8.25. The maximum absolute atomic E-state index is 3.96. The van der Waals surface area contributed by atoms with Crippen molar-refractivity contribution in [2.24, 2.45) is 0 Å². The predicted octanol–water partition coefficient (Wildman–Crippen LogP) is -0.204. The van der Waals surface area contributed by atoms with Crippen LogP contribution in [0.25, 0.3) is 0 Å². The number of halogens is 1. The Labute approximate surface area is 93.9 Å². The Morgan fingerprint density at radius 3 is 1.67 bits per heavy atom. The molecule has 12 heavy (non-hydrogen) atoms. The molecule has 0 amide bonds. The van der Waals surface area contributed by atoms with E-state index in [1.807, 2.05) is 0 Å². The number of benzene rings is 1. The molecule has 0 saturated carbocycles. The molecule has 0 atom stereocenters. The van der Waals surface area contributed by atoms with E-state index in [0.717, 1.165) is 0 Å². The van der Waals surface area contributed by atoms with E-state index in [-0.39, 0.29) is 31.9 Å². The maximum atomic E-state index is 3.96. The molecule has 2 heteroatoms. The van der Waals surface area contributed by atoms with Gasteiger partial charge in [-0.2, -0.15) is 23.6 Å². The largest absolute Gasteiger partial charge is 2.00 e. The molecule has 1 rings (SSSR count). The fourth-order valence-corrected chi connectivity index (χ4v) is 1.21. The molecule has 0 bridgehead atoms. The van der Waals surface area contributed by atoms with Gasteiger partial charge >= 0.3 is 19.5 Å². The van der Waals surface area contributed by atoms with Crippen LogP contribution in [0.2, 0.25) is 0 Å². The van der Waals surface area contributed by atoms with E-state index in [4.69, 9.17) is 0 Å². The molecule has 0 saturated heterocycles. The van der Waals surface area contributed by atoms with Crippen molar-refractivity contribution in [3.05, 3.63) is 41.3 Å².